The largest absolute Gasteiger partial charge is 0.0805 e. The molecule has 0 unspecified atom stereocenters. The summed E-state index contributed by atoms with van der Waals surface area (Å²) in [7, 11) is 0. The molecule has 0 heteroatoms. The van der Waals surface area contributed by atoms with Crippen LogP contribution in [-0.2, 0) is 0 Å². The second kappa shape index (κ2) is 4.38. The highest BCUT2D eigenvalue weighted by molar-refractivity contribution is 5.26. The summed E-state index contributed by atoms with van der Waals surface area (Å²) in [5.74, 6) is 0.906. The third kappa shape index (κ3) is 2.53. The quantitative estimate of drug-likeness (QED) is 0.573. The number of rotatable bonds is 4. The number of hydrogen-bond acceptors (Lipinski definition) is 0. The lowest BCUT2D eigenvalue weighted by Crippen LogP contribution is -1.96. The van der Waals surface area contributed by atoms with Gasteiger partial charge in [-0.3, -0.25) is 0 Å². The Bertz CT molecular complexity index is 159. The smallest absolute Gasteiger partial charge is 0.0160 e. The van der Waals surface area contributed by atoms with Crippen LogP contribution in [0.3, 0.4) is 0 Å². The van der Waals surface area contributed by atoms with Crippen LogP contribution in [0.1, 0.15) is 39.5 Å². The Labute approximate surface area is 70.0 Å². The van der Waals surface area contributed by atoms with E-state index in [0.29, 0.717) is 0 Å². The predicted octanol–water partition coefficient (Wildman–Crippen LogP) is 3.70. The summed E-state index contributed by atoms with van der Waals surface area (Å²) in [6, 6.07) is 0. The highest BCUT2D eigenvalue weighted by Gasteiger charge is 2.06. The van der Waals surface area contributed by atoms with Gasteiger partial charge in [0, 0.05) is 0 Å². The summed E-state index contributed by atoms with van der Waals surface area (Å²) < 4.78 is 0. The van der Waals surface area contributed by atoms with E-state index in [2.05, 4.69) is 32.1 Å². The number of hydrogen-bond donors (Lipinski definition) is 0. The van der Waals surface area contributed by atoms with Crippen molar-refractivity contribution in [3.8, 4) is 0 Å². The van der Waals surface area contributed by atoms with Crippen molar-refractivity contribution in [2.24, 2.45) is 5.92 Å². The van der Waals surface area contributed by atoms with Crippen LogP contribution in [0.4, 0.5) is 0 Å². The molecular formula is C11H18. The molecule has 0 aromatic heterocycles. The van der Waals surface area contributed by atoms with Gasteiger partial charge < -0.3 is 0 Å². The summed E-state index contributed by atoms with van der Waals surface area (Å²) in [6.45, 7) is 4.57. The average Bonchev–Trinajstić information content (AvgIpc) is 2.52. The van der Waals surface area contributed by atoms with Crippen LogP contribution in [0.15, 0.2) is 23.8 Å². The molecule has 11 heavy (non-hydrogen) atoms. The van der Waals surface area contributed by atoms with E-state index in [9.17, 15) is 0 Å². The Morgan fingerprint density at radius 1 is 1.36 bits per heavy atom. The summed E-state index contributed by atoms with van der Waals surface area (Å²) in [5, 5.41) is 0. The SMILES string of the molecule is CCC(CC)CC1=CCC=C1. The van der Waals surface area contributed by atoms with E-state index in [1.54, 1.807) is 5.57 Å². The van der Waals surface area contributed by atoms with Crippen molar-refractivity contribution in [2.45, 2.75) is 39.5 Å². The van der Waals surface area contributed by atoms with Crippen molar-refractivity contribution in [1.29, 1.82) is 0 Å². The molecule has 0 atom stereocenters. The van der Waals surface area contributed by atoms with Crippen molar-refractivity contribution >= 4 is 0 Å². The molecule has 0 aromatic carbocycles. The van der Waals surface area contributed by atoms with Crippen LogP contribution in [0.2, 0.25) is 0 Å². The van der Waals surface area contributed by atoms with Crippen LogP contribution in [0, 0.1) is 5.92 Å². The lowest BCUT2D eigenvalue weighted by molar-refractivity contribution is 0.492. The van der Waals surface area contributed by atoms with Gasteiger partial charge in [0.05, 0.1) is 0 Å². The van der Waals surface area contributed by atoms with E-state index < -0.39 is 0 Å². The van der Waals surface area contributed by atoms with Crippen LogP contribution >= 0.6 is 0 Å². The summed E-state index contributed by atoms with van der Waals surface area (Å²) in [5.41, 5.74) is 1.55. The minimum Gasteiger partial charge on any atom is -0.0805 e. The monoisotopic (exact) mass is 150 g/mol. The molecule has 0 aliphatic heterocycles. The molecule has 1 rings (SSSR count). The Morgan fingerprint density at radius 3 is 2.55 bits per heavy atom. The number of allylic oxidation sites excluding steroid dienone is 4. The molecule has 0 saturated carbocycles. The van der Waals surface area contributed by atoms with Gasteiger partial charge in [0.25, 0.3) is 0 Å². The third-order valence-corrected chi connectivity index (χ3v) is 2.53. The van der Waals surface area contributed by atoms with E-state index >= 15 is 0 Å². The molecule has 0 radical (unpaired) electrons. The first-order valence-corrected chi connectivity index (χ1v) is 4.72. The highest BCUT2D eigenvalue weighted by Crippen LogP contribution is 2.22. The van der Waals surface area contributed by atoms with Gasteiger partial charge in [-0.1, -0.05) is 50.5 Å². The second-order valence-electron chi connectivity index (χ2n) is 3.30. The maximum atomic E-state index is 2.35. The zero-order chi connectivity index (χ0) is 8.10. The van der Waals surface area contributed by atoms with E-state index in [1.807, 2.05) is 0 Å². The molecule has 0 saturated heterocycles. The fourth-order valence-corrected chi connectivity index (χ4v) is 1.57. The Hall–Kier alpha value is -0.520. The maximum absolute atomic E-state index is 2.35. The van der Waals surface area contributed by atoms with Crippen molar-refractivity contribution in [3.63, 3.8) is 0 Å². The first kappa shape index (κ1) is 8.58. The fraction of sp³-hybridized carbons (Fsp3) is 0.636. The van der Waals surface area contributed by atoms with Gasteiger partial charge in [-0.25, -0.2) is 0 Å². The minimum atomic E-state index is 0.906. The van der Waals surface area contributed by atoms with Gasteiger partial charge in [0.2, 0.25) is 0 Å². The molecule has 0 nitrogen and oxygen atoms in total. The normalized spacial score (nSPS) is 16.1. The second-order valence-corrected chi connectivity index (χ2v) is 3.30. The van der Waals surface area contributed by atoms with Gasteiger partial charge in [-0.2, -0.15) is 0 Å². The van der Waals surface area contributed by atoms with Gasteiger partial charge in [-0.05, 0) is 18.8 Å². The van der Waals surface area contributed by atoms with Gasteiger partial charge in [0.15, 0.2) is 0 Å². The maximum Gasteiger partial charge on any atom is -0.0160 e. The van der Waals surface area contributed by atoms with E-state index in [0.717, 1.165) is 12.3 Å². The lowest BCUT2D eigenvalue weighted by atomic mass is 9.95. The van der Waals surface area contributed by atoms with E-state index in [4.69, 9.17) is 0 Å². The average molecular weight is 150 g/mol. The molecule has 0 amide bonds. The summed E-state index contributed by atoms with van der Waals surface area (Å²) in [6.07, 6.45) is 12.0. The molecule has 0 fully saturated rings. The van der Waals surface area contributed by atoms with Gasteiger partial charge >= 0.3 is 0 Å². The van der Waals surface area contributed by atoms with E-state index in [-0.39, 0.29) is 0 Å². The summed E-state index contributed by atoms with van der Waals surface area (Å²) in [4.78, 5) is 0. The fourth-order valence-electron chi connectivity index (χ4n) is 1.57. The minimum absolute atomic E-state index is 0.906. The predicted molar refractivity (Wildman–Crippen MR) is 50.5 cm³/mol. The van der Waals surface area contributed by atoms with Crippen LogP contribution < -0.4 is 0 Å². The van der Waals surface area contributed by atoms with Crippen molar-refractivity contribution in [2.75, 3.05) is 0 Å². The molecule has 0 aromatic rings. The van der Waals surface area contributed by atoms with E-state index in [1.165, 1.54) is 19.3 Å². The zero-order valence-corrected chi connectivity index (χ0v) is 7.64. The summed E-state index contributed by atoms with van der Waals surface area (Å²) >= 11 is 0. The van der Waals surface area contributed by atoms with Crippen molar-refractivity contribution in [1.82, 2.24) is 0 Å². The topological polar surface area (TPSA) is 0 Å². The molecule has 1 aliphatic carbocycles. The molecular weight excluding hydrogens is 132 g/mol. The Balaban J connectivity index is 2.33. The lowest BCUT2D eigenvalue weighted by Gasteiger charge is -2.11. The van der Waals surface area contributed by atoms with Crippen molar-refractivity contribution < 1.29 is 0 Å². The first-order chi connectivity index (χ1) is 5.36. The first-order valence-electron chi connectivity index (χ1n) is 4.72. The Kier molecular flexibility index (Phi) is 3.41. The van der Waals surface area contributed by atoms with Gasteiger partial charge in [-0.15, -0.1) is 0 Å². The molecule has 62 valence electrons. The molecule has 0 spiro atoms. The molecule has 1 aliphatic rings. The highest BCUT2D eigenvalue weighted by atomic mass is 14.1. The van der Waals surface area contributed by atoms with Crippen LogP contribution in [-0.4, -0.2) is 0 Å². The zero-order valence-electron chi connectivity index (χ0n) is 7.64. The third-order valence-electron chi connectivity index (χ3n) is 2.53. The van der Waals surface area contributed by atoms with Crippen LogP contribution in [0.5, 0.6) is 0 Å². The molecule has 0 N–H and O–H groups in total. The standard InChI is InChI=1S/C11H18/c1-3-10(4-2)9-11-7-5-6-8-11/h5,7-8,10H,3-4,6,9H2,1-2H3. The van der Waals surface area contributed by atoms with Crippen LogP contribution in [0.25, 0.3) is 0 Å². The Morgan fingerprint density at radius 2 is 2.09 bits per heavy atom. The molecule has 0 heterocycles. The van der Waals surface area contributed by atoms with Gasteiger partial charge in [0.1, 0.15) is 0 Å². The van der Waals surface area contributed by atoms with Crippen molar-refractivity contribution in [3.05, 3.63) is 23.8 Å². The molecule has 0 bridgehead atoms.